The number of aromatic hydroxyl groups is 1. The summed E-state index contributed by atoms with van der Waals surface area (Å²) in [5.74, 6) is -1.73. The van der Waals surface area contributed by atoms with E-state index in [1.54, 1.807) is 43.3 Å². The molecule has 8 nitrogen and oxygen atoms in total. The van der Waals surface area contributed by atoms with Crippen molar-refractivity contribution in [2.45, 2.75) is 38.1 Å². The van der Waals surface area contributed by atoms with Gasteiger partial charge in [-0.2, -0.15) is 4.72 Å². The minimum absolute atomic E-state index is 0.0289. The van der Waals surface area contributed by atoms with E-state index in [4.69, 9.17) is 9.15 Å². The molecule has 0 radical (unpaired) electrons. The molecular weight excluding hydrogens is 470 g/mol. The van der Waals surface area contributed by atoms with Crippen molar-refractivity contribution in [1.82, 2.24) is 4.72 Å². The van der Waals surface area contributed by atoms with Crippen LogP contribution in [0.25, 0.3) is 21.9 Å². The molecule has 0 amide bonds. The first-order valence-corrected chi connectivity index (χ1v) is 12.6. The number of aryl methyl sites for hydroxylation is 1. The van der Waals surface area contributed by atoms with E-state index >= 15 is 0 Å². The van der Waals surface area contributed by atoms with Gasteiger partial charge >= 0.3 is 5.97 Å². The van der Waals surface area contributed by atoms with Gasteiger partial charge in [-0.1, -0.05) is 50.1 Å². The summed E-state index contributed by atoms with van der Waals surface area (Å²) in [6, 6.07) is 14.1. The van der Waals surface area contributed by atoms with Crippen LogP contribution in [0.1, 0.15) is 25.8 Å². The maximum atomic E-state index is 13.1. The highest BCUT2D eigenvalue weighted by molar-refractivity contribution is 7.89. The minimum atomic E-state index is -4.00. The largest absolute Gasteiger partial charge is 0.507 e. The molecule has 2 N–H and O–H groups in total. The number of carbonyl (C=O) groups is 1. The molecule has 3 aromatic carbocycles. The molecule has 0 spiro atoms. The van der Waals surface area contributed by atoms with Crippen LogP contribution in [0.2, 0.25) is 0 Å². The zero-order valence-electron chi connectivity index (χ0n) is 19.4. The van der Waals surface area contributed by atoms with Crippen molar-refractivity contribution in [2.75, 3.05) is 0 Å². The molecule has 0 bridgehead atoms. The minimum Gasteiger partial charge on any atom is -0.507 e. The number of phenols is 1. The van der Waals surface area contributed by atoms with Crippen LogP contribution < -0.4 is 14.9 Å². The Kier molecular flexibility index (Phi) is 6.64. The van der Waals surface area contributed by atoms with Crippen molar-refractivity contribution in [2.24, 2.45) is 5.92 Å². The predicted molar refractivity (Wildman–Crippen MR) is 132 cm³/mol. The topological polar surface area (TPSA) is 123 Å². The molecule has 1 heterocycles. The van der Waals surface area contributed by atoms with Gasteiger partial charge in [0.2, 0.25) is 15.5 Å². The third kappa shape index (κ3) is 4.91. The van der Waals surface area contributed by atoms with Gasteiger partial charge in [-0.25, -0.2) is 13.2 Å². The lowest BCUT2D eigenvalue weighted by Gasteiger charge is -2.22. The number of phenolic OH excluding ortho intramolecular Hbond substituents is 1. The fourth-order valence-electron chi connectivity index (χ4n) is 3.70. The third-order valence-corrected chi connectivity index (χ3v) is 7.39. The Bertz CT molecular complexity index is 1570. The number of hydrogen-bond acceptors (Lipinski definition) is 7. The van der Waals surface area contributed by atoms with Gasteiger partial charge in [-0.05, 0) is 37.1 Å². The molecule has 0 aliphatic carbocycles. The quantitative estimate of drug-likeness (QED) is 0.223. The van der Waals surface area contributed by atoms with Crippen LogP contribution in [0.4, 0.5) is 0 Å². The fraction of sp³-hybridized carbons (Fsp3) is 0.231. The predicted octanol–water partition coefficient (Wildman–Crippen LogP) is 4.26. The normalized spacial score (nSPS) is 13.6. The number of para-hydroxylation sites is 1. The first kappa shape index (κ1) is 24.4. The third-order valence-electron chi connectivity index (χ3n) is 5.93. The number of sulfonamides is 1. The lowest BCUT2D eigenvalue weighted by atomic mass is 10.0. The van der Waals surface area contributed by atoms with E-state index in [-0.39, 0.29) is 21.6 Å². The molecule has 0 fully saturated rings. The highest BCUT2D eigenvalue weighted by Gasteiger charge is 2.31. The van der Waals surface area contributed by atoms with Crippen molar-refractivity contribution < 1.29 is 27.5 Å². The SMILES string of the molecule is CC[C@@H](C)[C@H](NS(=O)(=O)c1ccc(C)cc1)C(=O)Oc1cc(O)c2c(=O)c3ccccc3oc2c1. The van der Waals surface area contributed by atoms with E-state index in [0.29, 0.717) is 17.4 Å². The van der Waals surface area contributed by atoms with Gasteiger partial charge in [0.1, 0.15) is 34.1 Å². The van der Waals surface area contributed by atoms with Crippen molar-refractivity contribution in [3.63, 3.8) is 0 Å². The number of fused-ring (bicyclic) bond motifs is 2. The van der Waals surface area contributed by atoms with Gasteiger partial charge < -0.3 is 14.3 Å². The van der Waals surface area contributed by atoms with Crippen LogP contribution in [0.15, 0.2) is 74.8 Å². The Morgan fingerprint density at radius 3 is 2.46 bits per heavy atom. The molecule has 2 atom stereocenters. The van der Waals surface area contributed by atoms with E-state index in [9.17, 15) is 23.1 Å². The van der Waals surface area contributed by atoms with Crippen LogP contribution in [-0.2, 0) is 14.8 Å². The molecular formula is C26H25NO7S. The van der Waals surface area contributed by atoms with Gasteiger partial charge in [0.05, 0.1) is 10.3 Å². The maximum Gasteiger partial charge on any atom is 0.329 e. The number of esters is 1. The van der Waals surface area contributed by atoms with Gasteiger partial charge in [0.15, 0.2) is 0 Å². The number of nitrogens with one attached hydrogen (secondary N) is 1. The summed E-state index contributed by atoms with van der Waals surface area (Å²) < 4.78 is 39.5. The summed E-state index contributed by atoms with van der Waals surface area (Å²) in [6.45, 7) is 5.40. The highest BCUT2D eigenvalue weighted by Crippen LogP contribution is 2.31. The summed E-state index contributed by atoms with van der Waals surface area (Å²) in [5.41, 5.74) is 0.839. The van der Waals surface area contributed by atoms with Crippen LogP contribution in [0.3, 0.4) is 0 Å². The number of hydrogen-bond donors (Lipinski definition) is 2. The van der Waals surface area contributed by atoms with Gasteiger partial charge in [-0.3, -0.25) is 4.79 Å². The smallest absolute Gasteiger partial charge is 0.329 e. The Labute approximate surface area is 202 Å². The lowest BCUT2D eigenvalue weighted by Crippen LogP contribution is -2.46. The average Bonchev–Trinajstić information content (AvgIpc) is 2.82. The zero-order valence-corrected chi connectivity index (χ0v) is 20.3. The van der Waals surface area contributed by atoms with Crippen molar-refractivity contribution in [1.29, 1.82) is 0 Å². The summed E-state index contributed by atoms with van der Waals surface area (Å²) in [6.07, 6.45) is 0.500. The second-order valence-electron chi connectivity index (χ2n) is 8.46. The van der Waals surface area contributed by atoms with E-state index < -0.39 is 39.1 Å². The second kappa shape index (κ2) is 9.52. The number of carbonyl (C=O) groups excluding carboxylic acids is 1. The Morgan fingerprint density at radius 1 is 1.09 bits per heavy atom. The monoisotopic (exact) mass is 495 g/mol. The first-order chi connectivity index (χ1) is 16.6. The maximum absolute atomic E-state index is 13.1. The Balaban J connectivity index is 1.67. The van der Waals surface area contributed by atoms with Gasteiger partial charge in [0.25, 0.3) is 0 Å². The Hall–Kier alpha value is -3.69. The van der Waals surface area contributed by atoms with Crippen LogP contribution in [0, 0.1) is 12.8 Å². The summed E-state index contributed by atoms with van der Waals surface area (Å²) in [5, 5.41) is 10.8. The zero-order chi connectivity index (χ0) is 25.3. The average molecular weight is 496 g/mol. The second-order valence-corrected chi connectivity index (χ2v) is 10.2. The highest BCUT2D eigenvalue weighted by atomic mass is 32.2. The molecule has 0 unspecified atom stereocenters. The molecule has 9 heteroatoms. The number of benzene rings is 3. The van der Waals surface area contributed by atoms with Gasteiger partial charge in [0, 0.05) is 12.1 Å². The molecule has 4 aromatic rings. The summed E-state index contributed by atoms with van der Waals surface area (Å²) in [7, 11) is -4.00. The van der Waals surface area contributed by atoms with Crippen molar-refractivity contribution >= 4 is 37.9 Å². The van der Waals surface area contributed by atoms with Crippen LogP contribution in [0.5, 0.6) is 11.5 Å². The van der Waals surface area contributed by atoms with E-state index in [0.717, 1.165) is 11.6 Å². The van der Waals surface area contributed by atoms with Crippen molar-refractivity contribution in [3.8, 4) is 11.5 Å². The first-order valence-electron chi connectivity index (χ1n) is 11.1. The van der Waals surface area contributed by atoms with E-state index in [1.165, 1.54) is 18.2 Å². The standard InChI is InChI=1S/C26H25NO7S/c1-4-16(3)24(27-35(31,32)18-11-9-15(2)10-12-18)26(30)33-17-13-20(28)23-22(14-17)34-21-8-6-5-7-19(21)25(23)29/h5-14,16,24,27-28H,4H2,1-3H3/t16-,24+/m1/s1. The number of rotatable bonds is 7. The molecule has 4 rings (SSSR count). The molecule has 0 aliphatic heterocycles. The lowest BCUT2D eigenvalue weighted by molar-refractivity contribution is -0.137. The number of ether oxygens (including phenoxy) is 1. The molecule has 0 saturated carbocycles. The molecule has 182 valence electrons. The van der Waals surface area contributed by atoms with Crippen molar-refractivity contribution in [3.05, 3.63) is 76.5 Å². The summed E-state index contributed by atoms with van der Waals surface area (Å²) >= 11 is 0. The molecule has 0 aliphatic rings. The van der Waals surface area contributed by atoms with Gasteiger partial charge in [-0.15, -0.1) is 0 Å². The van der Waals surface area contributed by atoms with E-state index in [1.807, 2.05) is 13.8 Å². The van der Waals surface area contributed by atoms with Crippen LogP contribution >= 0.6 is 0 Å². The molecule has 0 saturated heterocycles. The fourth-order valence-corrected chi connectivity index (χ4v) is 5.00. The summed E-state index contributed by atoms with van der Waals surface area (Å²) in [4.78, 5) is 25.9. The Morgan fingerprint density at radius 2 is 1.77 bits per heavy atom. The molecule has 35 heavy (non-hydrogen) atoms. The van der Waals surface area contributed by atoms with E-state index in [2.05, 4.69) is 4.72 Å². The molecule has 1 aromatic heterocycles. The van der Waals surface area contributed by atoms with Crippen LogP contribution in [-0.4, -0.2) is 25.5 Å².